The Morgan fingerprint density at radius 3 is 2.49 bits per heavy atom. The number of ether oxygens (including phenoxy) is 1. The van der Waals surface area contributed by atoms with E-state index in [1.165, 1.54) is 18.3 Å². The number of nitrogens with zero attached hydrogens (tertiary/aromatic N) is 5. The molecular formula is C24H26F4N6O. The summed E-state index contributed by atoms with van der Waals surface area (Å²) in [7, 11) is 0. The molecule has 186 valence electrons. The number of anilines is 2. The molecule has 7 nitrogen and oxygen atoms in total. The van der Waals surface area contributed by atoms with Gasteiger partial charge in [0.25, 0.3) is 0 Å². The van der Waals surface area contributed by atoms with Crippen LogP contribution in [-0.4, -0.2) is 38.9 Å². The summed E-state index contributed by atoms with van der Waals surface area (Å²) in [6, 6.07) is 8.90. The molecule has 3 aromatic rings. The van der Waals surface area contributed by atoms with Gasteiger partial charge in [0.1, 0.15) is 17.3 Å². The van der Waals surface area contributed by atoms with E-state index in [4.69, 9.17) is 4.74 Å². The van der Waals surface area contributed by atoms with Crippen molar-refractivity contribution in [2.75, 3.05) is 23.3 Å². The van der Waals surface area contributed by atoms with E-state index in [1.54, 1.807) is 22.9 Å². The Hall–Kier alpha value is -3.37. The van der Waals surface area contributed by atoms with Gasteiger partial charge in [-0.3, -0.25) is 4.98 Å². The molecule has 0 amide bonds. The number of benzene rings is 1. The molecule has 2 aromatic heterocycles. The zero-order chi connectivity index (χ0) is 24.7. The van der Waals surface area contributed by atoms with Gasteiger partial charge in [0.05, 0.1) is 6.04 Å². The molecule has 1 N–H and O–H groups in total. The number of nitrogens with one attached hydrogen (secondary N) is 1. The standard InChI is InChI=1S/C24H26F4N6O/c1-14(2)34-23(35-19-5-3-4-17(25)10-19)31-22(32-34)30-21-15-6-7-16(21)13-33(12-15)18-8-9-29-20(11-18)24(26,27)28/h3-5,8-11,14-16,21H,6-7,12-13H2,1-2H3,(H,30,32)/t15-,16+,21-. The molecular weight excluding hydrogens is 464 g/mol. The highest BCUT2D eigenvalue weighted by molar-refractivity contribution is 5.49. The van der Waals surface area contributed by atoms with Crippen LogP contribution in [-0.2, 0) is 6.18 Å². The van der Waals surface area contributed by atoms with E-state index in [0.717, 1.165) is 18.9 Å². The van der Waals surface area contributed by atoms with E-state index in [2.05, 4.69) is 20.4 Å². The van der Waals surface area contributed by atoms with E-state index in [9.17, 15) is 17.6 Å². The second-order valence-electron chi connectivity index (χ2n) is 9.39. The van der Waals surface area contributed by atoms with Crippen molar-refractivity contribution < 1.29 is 22.3 Å². The van der Waals surface area contributed by atoms with Crippen molar-refractivity contribution in [3.63, 3.8) is 0 Å². The maximum atomic E-state index is 13.6. The van der Waals surface area contributed by atoms with Crippen LogP contribution in [0.5, 0.6) is 11.8 Å². The topological polar surface area (TPSA) is 68.1 Å². The minimum atomic E-state index is -4.47. The van der Waals surface area contributed by atoms with Crippen LogP contribution in [0, 0.1) is 17.7 Å². The largest absolute Gasteiger partial charge is 0.433 e. The smallest absolute Gasteiger partial charge is 0.424 e. The molecule has 2 bridgehead atoms. The van der Waals surface area contributed by atoms with Gasteiger partial charge < -0.3 is 15.0 Å². The monoisotopic (exact) mass is 490 g/mol. The Morgan fingerprint density at radius 2 is 1.83 bits per heavy atom. The lowest BCUT2D eigenvalue weighted by Crippen LogP contribution is -2.48. The fourth-order valence-corrected chi connectivity index (χ4v) is 5.00. The van der Waals surface area contributed by atoms with Crippen LogP contribution in [0.3, 0.4) is 0 Å². The minimum absolute atomic E-state index is 0.0327. The summed E-state index contributed by atoms with van der Waals surface area (Å²) in [5.74, 6) is 0.805. The summed E-state index contributed by atoms with van der Waals surface area (Å²) in [5.41, 5.74) is -0.340. The lowest BCUT2D eigenvalue weighted by atomic mass is 9.92. The number of pyridine rings is 1. The molecule has 0 radical (unpaired) electrons. The zero-order valence-corrected chi connectivity index (χ0v) is 19.3. The molecule has 1 saturated heterocycles. The number of hydrogen-bond donors (Lipinski definition) is 1. The Bertz CT molecular complexity index is 1180. The zero-order valence-electron chi connectivity index (χ0n) is 19.3. The van der Waals surface area contributed by atoms with Crippen LogP contribution < -0.4 is 15.0 Å². The van der Waals surface area contributed by atoms with Crippen LogP contribution in [0.2, 0.25) is 0 Å². The van der Waals surface area contributed by atoms with Crippen molar-refractivity contribution in [2.45, 2.75) is 44.9 Å². The number of fused-ring (bicyclic) bond motifs is 2. The third-order valence-corrected chi connectivity index (χ3v) is 6.62. The van der Waals surface area contributed by atoms with Crippen LogP contribution >= 0.6 is 0 Å². The molecule has 11 heteroatoms. The van der Waals surface area contributed by atoms with Crippen molar-refractivity contribution >= 4 is 11.6 Å². The first-order valence-corrected chi connectivity index (χ1v) is 11.6. The van der Waals surface area contributed by atoms with E-state index >= 15 is 0 Å². The van der Waals surface area contributed by atoms with E-state index in [-0.39, 0.29) is 29.9 Å². The number of rotatable bonds is 6. The van der Waals surface area contributed by atoms with Crippen LogP contribution in [0.25, 0.3) is 0 Å². The summed E-state index contributed by atoms with van der Waals surface area (Å²) < 4.78 is 60.4. The summed E-state index contributed by atoms with van der Waals surface area (Å²) in [6.45, 7) is 5.16. The lowest BCUT2D eigenvalue weighted by molar-refractivity contribution is -0.141. The first-order valence-electron chi connectivity index (χ1n) is 11.6. The van der Waals surface area contributed by atoms with Gasteiger partial charge in [-0.05, 0) is 62.8 Å². The molecule has 3 atom stereocenters. The van der Waals surface area contributed by atoms with Crippen molar-refractivity contribution in [3.05, 3.63) is 54.1 Å². The van der Waals surface area contributed by atoms with Crippen molar-refractivity contribution in [1.29, 1.82) is 0 Å². The van der Waals surface area contributed by atoms with Crippen LogP contribution in [0.4, 0.5) is 29.2 Å². The molecule has 2 fully saturated rings. The third kappa shape index (κ3) is 4.89. The molecule has 1 aliphatic heterocycles. The summed E-state index contributed by atoms with van der Waals surface area (Å²) in [5, 5.41) is 8.01. The Labute approximate surface area is 200 Å². The Kier molecular flexibility index (Phi) is 6.02. The predicted octanol–water partition coefficient (Wildman–Crippen LogP) is 5.53. The number of hydrogen-bond acceptors (Lipinski definition) is 6. The number of piperidine rings is 1. The number of alkyl halides is 3. The quantitative estimate of drug-likeness (QED) is 0.458. The van der Waals surface area contributed by atoms with Crippen molar-refractivity contribution in [3.8, 4) is 11.8 Å². The first kappa shape index (κ1) is 23.4. The Morgan fingerprint density at radius 1 is 1.09 bits per heavy atom. The van der Waals surface area contributed by atoms with Gasteiger partial charge in [-0.1, -0.05) is 6.07 Å². The molecule has 0 unspecified atom stereocenters. The van der Waals surface area contributed by atoms with Gasteiger partial charge in [-0.15, -0.1) is 5.10 Å². The van der Waals surface area contributed by atoms with Gasteiger partial charge in [-0.2, -0.15) is 18.2 Å². The molecule has 5 rings (SSSR count). The highest BCUT2D eigenvalue weighted by atomic mass is 19.4. The fraction of sp³-hybridized carbons (Fsp3) is 0.458. The summed E-state index contributed by atoms with van der Waals surface area (Å²) in [6.07, 6.45) is -1.32. The average Bonchev–Trinajstić information content (AvgIpc) is 3.29. The maximum absolute atomic E-state index is 13.6. The summed E-state index contributed by atoms with van der Waals surface area (Å²) in [4.78, 5) is 10.00. The van der Waals surface area contributed by atoms with E-state index < -0.39 is 17.7 Å². The van der Waals surface area contributed by atoms with E-state index in [0.29, 0.717) is 30.5 Å². The second-order valence-corrected chi connectivity index (χ2v) is 9.39. The predicted molar refractivity (Wildman–Crippen MR) is 122 cm³/mol. The highest BCUT2D eigenvalue weighted by Gasteiger charge is 2.43. The van der Waals surface area contributed by atoms with Crippen LogP contribution in [0.15, 0.2) is 42.6 Å². The molecule has 1 aromatic carbocycles. The first-order chi connectivity index (χ1) is 16.7. The van der Waals surface area contributed by atoms with Crippen molar-refractivity contribution in [1.82, 2.24) is 19.7 Å². The molecule has 1 saturated carbocycles. The van der Waals surface area contributed by atoms with Gasteiger partial charge in [0.15, 0.2) is 0 Å². The van der Waals surface area contributed by atoms with Gasteiger partial charge in [0.2, 0.25) is 5.95 Å². The molecule has 2 aliphatic rings. The highest BCUT2D eigenvalue weighted by Crippen LogP contribution is 2.41. The normalized spacial score (nSPS) is 22.0. The minimum Gasteiger partial charge on any atom is -0.424 e. The molecule has 3 heterocycles. The molecule has 35 heavy (non-hydrogen) atoms. The van der Waals surface area contributed by atoms with Crippen molar-refractivity contribution in [2.24, 2.45) is 11.8 Å². The third-order valence-electron chi connectivity index (χ3n) is 6.62. The van der Waals surface area contributed by atoms with Gasteiger partial charge >= 0.3 is 12.2 Å². The maximum Gasteiger partial charge on any atom is 0.433 e. The van der Waals surface area contributed by atoms with Gasteiger partial charge in [-0.25, -0.2) is 9.07 Å². The van der Waals surface area contributed by atoms with Crippen LogP contribution in [0.1, 0.15) is 38.4 Å². The summed E-state index contributed by atoms with van der Waals surface area (Å²) >= 11 is 0. The van der Waals surface area contributed by atoms with Gasteiger partial charge in [0, 0.05) is 37.1 Å². The van der Waals surface area contributed by atoms with E-state index in [1.807, 2.05) is 18.7 Å². The average molecular weight is 491 g/mol. The SMILES string of the molecule is CC(C)n1nc(N[C@@H]2[C@@H]3CC[C@H]2CN(c2ccnc(C(F)(F)F)c2)C3)nc1Oc1cccc(F)c1. The Balaban J connectivity index is 1.31. The lowest BCUT2D eigenvalue weighted by Gasteiger charge is -2.39. The fourth-order valence-electron chi connectivity index (χ4n) is 5.00. The molecule has 0 spiro atoms. The number of halogens is 4. The second kappa shape index (κ2) is 9.01. The molecule has 1 aliphatic carbocycles. The number of aromatic nitrogens is 4.